The normalized spacial score (nSPS) is 18.5. The van der Waals surface area contributed by atoms with E-state index in [0.29, 0.717) is 54.5 Å². The van der Waals surface area contributed by atoms with E-state index in [2.05, 4.69) is 20.6 Å². The average molecular weight is 565 g/mol. The van der Waals surface area contributed by atoms with E-state index in [9.17, 15) is 19.5 Å². The highest BCUT2D eigenvalue weighted by molar-refractivity contribution is 6.35. The molecular weight excluding hydrogens is 529 g/mol. The first kappa shape index (κ1) is 28.2. The van der Waals surface area contributed by atoms with Crippen molar-refractivity contribution >= 4 is 41.1 Å². The maximum Gasteiger partial charge on any atom is 0.315 e. The van der Waals surface area contributed by atoms with E-state index in [1.165, 1.54) is 0 Å². The minimum absolute atomic E-state index is 0.146. The molecule has 206 valence electrons. The van der Waals surface area contributed by atoms with E-state index < -0.39 is 23.5 Å². The number of carbonyl (C=O) groups is 3. The van der Waals surface area contributed by atoms with Gasteiger partial charge in [-0.1, -0.05) is 48.5 Å². The SMILES string of the molecule is O=C(NCCc1c[nH]cn1)N[C@H](Cc1ccc(Cl)cc1Cl)C(=O)N1CCC(C(=O)O)(C2CCCCC2)CC1. The Morgan fingerprint density at radius 3 is 2.53 bits per heavy atom. The van der Waals surface area contributed by atoms with E-state index in [4.69, 9.17) is 23.2 Å². The number of aliphatic carboxylic acids is 1. The molecule has 1 aromatic carbocycles. The van der Waals surface area contributed by atoms with Crippen molar-refractivity contribution in [3.05, 3.63) is 52.0 Å². The Bertz CT molecular complexity index is 1110. The van der Waals surface area contributed by atoms with Gasteiger partial charge in [-0.25, -0.2) is 9.78 Å². The lowest BCUT2D eigenvalue weighted by atomic mass is 9.64. The zero-order valence-electron chi connectivity index (χ0n) is 21.3. The summed E-state index contributed by atoms with van der Waals surface area (Å²) in [6.45, 7) is 1.04. The Hall–Kier alpha value is -2.78. The van der Waals surface area contributed by atoms with Crippen LogP contribution in [0.25, 0.3) is 0 Å². The number of benzene rings is 1. The summed E-state index contributed by atoms with van der Waals surface area (Å²) in [7, 11) is 0. The van der Waals surface area contributed by atoms with Gasteiger partial charge in [-0.3, -0.25) is 9.59 Å². The zero-order chi connectivity index (χ0) is 27.1. The van der Waals surface area contributed by atoms with Gasteiger partial charge in [-0.05, 0) is 49.3 Å². The highest BCUT2D eigenvalue weighted by Crippen LogP contribution is 2.46. The van der Waals surface area contributed by atoms with Crippen LogP contribution < -0.4 is 10.6 Å². The van der Waals surface area contributed by atoms with Gasteiger partial charge in [-0.15, -0.1) is 0 Å². The highest BCUT2D eigenvalue weighted by Gasteiger charge is 2.48. The molecule has 2 aromatic rings. The van der Waals surface area contributed by atoms with Gasteiger partial charge in [0, 0.05) is 48.7 Å². The quantitative estimate of drug-likeness (QED) is 0.358. The summed E-state index contributed by atoms with van der Waals surface area (Å²) in [5, 5.41) is 16.7. The van der Waals surface area contributed by atoms with Gasteiger partial charge in [0.25, 0.3) is 0 Å². The maximum atomic E-state index is 13.7. The number of aromatic nitrogens is 2. The Kier molecular flexibility index (Phi) is 9.54. The monoisotopic (exact) mass is 563 g/mol. The number of hydrogen-bond acceptors (Lipinski definition) is 4. The second-order valence-corrected chi connectivity index (χ2v) is 11.2. The molecule has 2 aliphatic rings. The molecule has 1 aliphatic carbocycles. The number of carboxylic acids is 1. The fraction of sp³-hybridized carbons (Fsp3) is 0.556. The topological polar surface area (TPSA) is 127 Å². The highest BCUT2D eigenvalue weighted by atomic mass is 35.5. The first-order valence-corrected chi connectivity index (χ1v) is 14.0. The molecule has 4 rings (SSSR count). The van der Waals surface area contributed by atoms with Crippen molar-refractivity contribution in [3.8, 4) is 0 Å². The van der Waals surface area contributed by atoms with Gasteiger partial charge in [0.2, 0.25) is 5.91 Å². The van der Waals surface area contributed by atoms with Crippen molar-refractivity contribution in [1.82, 2.24) is 25.5 Å². The molecule has 0 unspecified atom stereocenters. The minimum atomic E-state index is -0.869. The Labute approximate surface area is 232 Å². The molecule has 1 saturated carbocycles. The minimum Gasteiger partial charge on any atom is -0.481 e. The standard InChI is InChI=1S/C27H35Cl2N5O4/c28-20-7-6-18(22(29)15-20)14-23(33-26(38)31-11-8-21-16-30-17-32-21)24(35)34-12-9-27(10-13-34,25(36)37)19-4-2-1-3-5-19/h6-7,15-17,19,23H,1-5,8-14H2,(H,30,32)(H,36,37)(H2,31,33,38)/t23-/m1/s1. The predicted molar refractivity (Wildman–Crippen MR) is 145 cm³/mol. The summed E-state index contributed by atoms with van der Waals surface area (Å²) in [5.74, 6) is -0.857. The van der Waals surface area contributed by atoms with Crippen molar-refractivity contribution in [2.24, 2.45) is 11.3 Å². The van der Waals surface area contributed by atoms with E-state index in [0.717, 1.165) is 37.8 Å². The number of carbonyl (C=O) groups excluding carboxylic acids is 2. The van der Waals surface area contributed by atoms with Gasteiger partial charge in [0.05, 0.1) is 17.4 Å². The fourth-order valence-electron chi connectivity index (χ4n) is 5.85. The van der Waals surface area contributed by atoms with Crippen LogP contribution in [0.4, 0.5) is 4.79 Å². The van der Waals surface area contributed by atoms with Crippen molar-refractivity contribution in [2.75, 3.05) is 19.6 Å². The third-order valence-corrected chi connectivity index (χ3v) is 8.63. The first-order valence-electron chi connectivity index (χ1n) is 13.3. The van der Waals surface area contributed by atoms with E-state index >= 15 is 0 Å². The predicted octanol–water partition coefficient (Wildman–Crippen LogP) is 4.44. The summed E-state index contributed by atoms with van der Waals surface area (Å²) >= 11 is 12.4. The van der Waals surface area contributed by atoms with Crippen LogP contribution in [0.5, 0.6) is 0 Å². The molecule has 3 amide bonds. The number of imidazole rings is 1. The van der Waals surface area contributed by atoms with Crippen LogP contribution in [0.2, 0.25) is 10.0 Å². The summed E-state index contributed by atoms with van der Waals surface area (Å²) in [5.41, 5.74) is 0.716. The molecule has 1 aliphatic heterocycles. The Morgan fingerprint density at radius 2 is 1.89 bits per heavy atom. The van der Waals surface area contributed by atoms with Crippen LogP contribution in [0.3, 0.4) is 0 Å². The van der Waals surface area contributed by atoms with Crippen LogP contribution in [-0.2, 0) is 22.4 Å². The lowest BCUT2D eigenvalue weighted by Crippen LogP contribution is -2.56. The maximum absolute atomic E-state index is 13.7. The molecule has 0 spiro atoms. The van der Waals surface area contributed by atoms with Crippen LogP contribution in [-0.4, -0.2) is 63.6 Å². The van der Waals surface area contributed by atoms with Crippen LogP contribution >= 0.6 is 23.2 Å². The van der Waals surface area contributed by atoms with E-state index in [1.54, 1.807) is 35.6 Å². The molecule has 0 bridgehead atoms. The third-order valence-electron chi connectivity index (χ3n) is 8.04. The first-order chi connectivity index (χ1) is 18.3. The zero-order valence-corrected chi connectivity index (χ0v) is 22.9. The largest absolute Gasteiger partial charge is 0.481 e. The van der Waals surface area contributed by atoms with Crippen molar-refractivity contribution in [1.29, 1.82) is 0 Å². The summed E-state index contributed by atoms with van der Waals surface area (Å²) in [4.78, 5) is 47.5. The lowest BCUT2D eigenvalue weighted by Gasteiger charge is -2.45. The molecule has 4 N–H and O–H groups in total. The summed E-state index contributed by atoms with van der Waals surface area (Å²) < 4.78 is 0. The van der Waals surface area contributed by atoms with Gasteiger partial charge in [0.15, 0.2) is 0 Å². The number of halogens is 2. The average Bonchev–Trinajstić information content (AvgIpc) is 3.43. The van der Waals surface area contributed by atoms with Crippen LogP contribution in [0.1, 0.15) is 56.2 Å². The molecule has 2 heterocycles. The number of urea groups is 1. The lowest BCUT2D eigenvalue weighted by molar-refractivity contribution is -0.160. The number of aromatic amines is 1. The number of rotatable bonds is 9. The number of hydrogen-bond donors (Lipinski definition) is 4. The van der Waals surface area contributed by atoms with Gasteiger partial charge >= 0.3 is 12.0 Å². The molecule has 38 heavy (non-hydrogen) atoms. The molecule has 9 nitrogen and oxygen atoms in total. The van der Waals surface area contributed by atoms with E-state index in [1.807, 2.05) is 0 Å². The van der Waals surface area contributed by atoms with Gasteiger partial charge < -0.3 is 25.6 Å². The van der Waals surface area contributed by atoms with Gasteiger partial charge in [-0.2, -0.15) is 0 Å². The Balaban J connectivity index is 1.43. The molecule has 0 radical (unpaired) electrons. The van der Waals surface area contributed by atoms with Crippen molar-refractivity contribution < 1.29 is 19.5 Å². The number of carboxylic acid groups (broad SMARTS) is 1. The second kappa shape index (κ2) is 12.8. The van der Waals surface area contributed by atoms with Crippen LogP contribution in [0.15, 0.2) is 30.7 Å². The summed E-state index contributed by atoms with van der Waals surface area (Å²) in [6, 6.07) is 3.71. The molecule has 1 saturated heterocycles. The molecule has 2 fully saturated rings. The third kappa shape index (κ3) is 6.80. The summed E-state index contributed by atoms with van der Waals surface area (Å²) in [6.07, 6.45) is 10.0. The number of nitrogens with one attached hydrogen (secondary N) is 3. The number of nitrogens with zero attached hydrogens (tertiary/aromatic N) is 2. The van der Waals surface area contributed by atoms with E-state index in [-0.39, 0.29) is 18.2 Å². The van der Waals surface area contributed by atoms with Crippen LogP contribution in [0, 0.1) is 11.3 Å². The molecule has 1 atom stereocenters. The number of likely N-dealkylation sites (tertiary alicyclic amines) is 1. The van der Waals surface area contributed by atoms with Crippen molar-refractivity contribution in [2.45, 2.75) is 63.8 Å². The van der Waals surface area contributed by atoms with Gasteiger partial charge in [0.1, 0.15) is 6.04 Å². The number of H-pyrrole nitrogens is 1. The molecule has 1 aromatic heterocycles. The number of amides is 3. The smallest absolute Gasteiger partial charge is 0.315 e. The Morgan fingerprint density at radius 1 is 1.16 bits per heavy atom. The number of piperidine rings is 1. The van der Waals surface area contributed by atoms with Crippen molar-refractivity contribution in [3.63, 3.8) is 0 Å². The second-order valence-electron chi connectivity index (χ2n) is 10.3. The molecular formula is C27H35Cl2N5O4. The molecule has 11 heteroatoms. The fourth-order valence-corrected chi connectivity index (χ4v) is 6.33.